The molecule has 1 aromatic carbocycles. The summed E-state index contributed by atoms with van der Waals surface area (Å²) < 4.78 is 0. The van der Waals surface area contributed by atoms with Gasteiger partial charge in [0, 0.05) is 22.4 Å². The van der Waals surface area contributed by atoms with Crippen LogP contribution >= 0.6 is 23.4 Å². The maximum Gasteiger partial charge on any atom is 0.238 e. The standard InChI is InChI=1S/C16H20ClN3O2S/c1-20-6-4-11(5-7-20)18-15(21)9-14-16(22)19-12-8-10(17)2-3-13(12)23-14/h2-3,8,11,14H,4-7,9H2,1H3,(H,18,21)(H,19,22)/t14-/m1/s1. The lowest BCUT2D eigenvalue weighted by atomic mass is 10.1. The quantitative estimate of drug-likeness (QED) is 0.875. The number of nitrogens with zero attached hydrogens (tertiary/aromatic N) is 1. The molecule has 2 aliphatic heterocycles. The van der Waals surface area contributed by atoms with Crippen LogP contribution in [0.4, 0.5) is 5.69 Å². The summed E-state index contributed by atoms with van der Waals surface area (Å²) in [7, 11) is 2.09. The number of hydrogen-bond donors (Lipinski definition) is 2. The van der Waals surface area contributed by atoms with E-state index in [-0.39, 0.29) is 24.3 Å². The molecular weight excluding hydrogens is 334 g/mol. The molecule has 5 nitrogen and oxygen atoms in total. The molecule has 1 aromatic rings. The Morgan fingerprint density at radius 1 is 1.43 bits per heavy atom. The number of nitrogens with one attached hydrogen (secondary N) is 2. The molecule has 0 saturated carbocycles. The van der Waals surface area contributed by atoms with Gasteiger partial charge < -0.3 is 15.5 Å². The third-order valence-corrected chi connectivity index (χ3v) is 5.73. The van der Waals surface area contributed by atoms with Gasteiger partial charge in [0.25, 0.3) is 0 Å². The molecule has 1 atom stereocenters. The lowest BCUT2D eigenvalue weighted by molar-refractivity contribution is -0.124. The maximum absolute atomic E-state index is 12.2. The van der Waals surface area contributed by atoms with Crippen molar-refractivity contribution < 1.29 is 9.59 Å². The highest BCUT2D eigenvalue weighted by Crippen LogP contribution is 2.38. The zero-order valence-electron chi connectivity index (χ0n) is 13.0. The summed E-state index contributed by atoms with van der Waals surface area (Å²) in [6.07, 6.45) is 2.13. The van der Waals surface area contributed by atoms with Crippen LogP contribution < -0.4 is 10.6 Å². The predicted molar refractivity (Wildman–Crippen MR) is 93.0 cm³/mol. The fourth-order valence-electron chi connectivity index (χ4n) is 2.86. The molecule has 2 heterocycles. The fourth-order valence-corrected chi connectivity index (χ4v) is 4.13. The highest BCUT2D eigenvalue weighted by molar-refractivity contribution is 8.01. The van der Waals surface area contributed by atoms with E-state index in [4.69, 9.17) is 11.6 Å². The third-order valence-electron chi connectivity index (χ3n) is 4.22. The van der Waals surface area contributed by atoms with Gasteiger partial charge in [0.1, 0.15) is 0 Å². The third kappa shape index (κ3) is 4.19. The molecule has 2 N–H and O–H groups in total. The average Bonchev–Trinajstić information content (AvgIpc) is 2.50. The monoisotopic (exact) mass is 353 g/mol. The van der Waals surface area contributed by atoms with Gasteiger partial charge in [-0.1, -0.05) is 11.6 Å². The summed E-state index contributed by atoms with van der Waals surface area (Å²) in [5.74, 6) is -0.187. The Balaban J connectivity index is 1.56. The van der Waals surface area contributed by atoms with Gasteiger partial charge >= 0.3 is 0 Å². The minimum Gasteiger partial charge on any atom is -0.353 e. The Labute approximate surface area is 145 Å². The summed E-state index contributed by atoms with van der Waals surface area (Å²) >= 11 is 7.36. The van der Waals surface area contributed by atoms with Gasteiger partial charge in [-0.15, -0.1) is 11.8 Å². The number of halogens is 1. The van der Waals surface area contributed by atoms with Crippen molar-refractivity contribution in [2.75, 3.05) is 25.5 Å². The number of piperidine rings is 1. The topological polar surface area (TPSA) is 61.4 Å². The molecule has 3 rings (SSSR count). The predicted octanol–water partition coefficient (Wildman–Crippen LogP) is 2.35. The van der Waals surface area contributed by atoms with Crippen LogP contribution in [-0.4, -0.2) is 48.1 Å². The van der Waals surface area contributed by atoms with E-state index in [0.29, 0.717) is 5.02 Å². The molecule has 0 radical (unpaired) electrons. The Morgan fingerprint density at radius 2 is 2.17 bits per heavy atom. The van der Waals surface area contributed by atoms with Crippen LogP contribution in [0.2, 0.25) is 5.02 Å². The lowest BCUT2D eigenvalue weighted by Crippen LogP contribution is -2.44. The van der Waals surface area contributed by atoms with E-state index in [1.54, 1.807) is 12.1 Å². The molecule has 2 aliphatic rings. The van der Waals surface area contributed by atoms with E-state index in [1.807, 2.05) is 6.07 Å². The maximum atomic E-state index is 12.2. The molecule has 2 amide bonds. The molecule has 0 unspecified atom stereocenters. The van der Waals surface area contributed by atoms with E-state index < -0.39 is 5.25 Å². The summed E-state index contributed by atoms with van der Waals surface area (Å²) in [4.78, 5) is 27.6. The number of amides is 2. The molecule has 1 fully saturated rings. The number of hydrogen-bond acceptors (Lipinski definition) is 4. The van der Waals surface area contributed by atoms with E-state index in [1.165, 1.54) is 11.8 Å². The Bertz CT molecular complexity index is 617. The molecule has 0 aliphatic carbocycles. The molecule has 1 saturated heterocycles. The minimum absolute atomic E-state index is 0.0513. The molecule has 23 heavy (non-hydrogen) atoms. The number of thioether (sulfide) groups is 1. The zero-order valence-corrected chi connectivity index (χ0v) is 14.5. The molecular formula is C16H20ClN3O2S. The second-order valence-corrected chi connectivity index (χ2v) is 7.77. The van der Waals surface area contributed by atoms with Gasteiger partial charge in [0.2, 0.25) is 11.8 Å². The van der Waals surface area contributed by atoms with Gasteiger partial charge in [0.15, 0.2) is 0 Å². The Kier molecular flexibility index (Phi) is 5.14. The summed E-state index contributed by atoms with van der Waals surface area (Å²) in [6.45, 7) is 2.00. The zero-order chi connectivity index (χ0) is 16.4. The van der Waals surface area contributed by atoms with Crippen molar-refractivity contribution in [3.63, 3.8) is 0 Å². The number of likely N-dealkylation sites (tertiary alicyclic amines) is 1. The number of carbonyl (C=O) groups is 2. The van der Waals surface area contributed by atoms with E-state index >= 15 is 0 Å². The Morgan fingerprint density at radius 3 is 2.91 bits per heavy atom. The fraction of sp³-hybridized carbons (Fsp3) is 0.500. The largest absolute Gasteiger partial charge is 0.353 e. The molecule has 0 aromatic heterocycles. The van der Waals surface area contributed by atoms with Gasteiger partial charge in [-0.3, -0.25) is 9.59 Å². The van der Waals surface area contributed by atoms with Crippen LogP contribution in [0.15, 0.2) is 23.1 Å². The second-order valence-electron chi connectivity index (χ2n) is 6.09. The van der Waals surface area contributed by atoms with Crippen molar-refractivity contribution in [2.45, 2.75) is 35.4 Å². The summed E-state index contributed by atoms with van der Waals surface area (Å²) in [6, 6.07) is 5.63. The van der Waals surface area contributed by atoms with E-state index in [0.717, 1.165) is 36.5 Å². The number of carbonyl (C=O) groups excluding carboxylic acids is 2. The van der Waals surface area contributed by atoms with E-state index in [9.17, 15) is 9.59 Å². The van der Waals surface area contributed by atoms with Crippen LogP contribution in [0.5, 0.6) is 0 Å². The van der Waals surface area contributed by atoms with Crippen LogP contribution in [0, 0.1) is 0 Å². The number of anilines is 1. The molecule has 7 heteroatoms. The van der Waals surface area contributed by atoms with Crippen LogP contribution in [0.1, 0.15) is 19.3 Å². The first-order valence-electron chi connectivity index (χ1n) is 7.76. The van der Waals surface area contributed by atoms with Gasteiger partial charge in [0.05, 0.1) is 10.9 Å². The van der Waals surface area contributed by atoms with Gasteiger partial charge in [-0.25, -0.2) is 0 Å². The van der Waals surface area contributed by atoms with Crippen molar-refractivity contribution in [3.05, 3.63) is 23.2 Å². The molecule has 124 valence electrons. The Hall–Kier alpha value is -1.24. The highest BCUT2D eigenvalue weighted by Gasteiger charge is 2.30. The van der Waals surface area contributed by atoms with Gasteiger partial charge in [-0.05, 0) is 51.2 Å². The minimum atomic E-state index is -0.394. The lowest BCUT2D eigenvalue weighted by Gasteiger charge is -2.30. The van der Waals surface area contributed by atoms with Crippen LogP contribution in [0.25, 0.3) is 0 Å². The first kappa shape index (κ1) is 16.6. The first-order chi connectivity index (χ1) is 11.0. The molecule has 0 bridgehead atoms. The highest BCUT2D eigenvalue weighted by atomic mass is 35.5. The smallest absolute Gasteiger partial charge is 0.238 e. The summed E-state index contributed by atoms with van der Waals surface area (Å²) in [5.41, 5.74) is 0.722. The number of rotatable bonds is 3. The first-order valence-corrected chi connectivity index (χ1v) is 9.02. The van der Waals surface area contributed by atoms with Gasteiger partial charge in [-0.2, -0.15) is 0 Å². The number of benzene rings is 1. The summed E-state index contributed by atoms with van der Waals surface area (Å²) in [5, 5.41) is 6.09. The van der Waals surface area contributed by atoms with Crippen molar-refractivity contribution in [1.82, 2.24) is 10.2 Å². The number of fused-ring (bicyclic) bond motifs is 1. The van der Waals surface area contributed by atoms with E-state index in [2.05, 4.69) is 22.6 Å². The van der Waals surface area contributed by atoms with Crippen molar-refractivity contribution in [2.24, 2.45) is 0 Å². The average molecular weight is 354 g/mol. The van der Waals surface area contributed by atoms with Crippen molar-refractivity contribution in [1.29, 1.82) is 0 Å². The van der Waals surface area contributed by atoms with Crippen molar-refractivity contribution in [3.8, 4) is 0 Å². The SMILES string of the molecule is CN1CCC(NC(=O)C[C@H]2Sc3ccc(Cl)cc3NC2=O)CC1. The second kappa shape index (κ2) is 7.11. The molecule has 0 spiro atoms. The normalized spacial score (nSPS) is 22.3. The van der Waals surface area contributed by atoms with Crippen LogP contribution in [-0.2, 0) is 9.59 Å². The van der Waals surface area contributed by atoms with Crippen molar-refractivity contribution >= 4 is 40.9 Å². The van der Waals surface area contributed by atoms with Crippen LogP contribution in [0.3, 0.4) is 0 Å².